The second kappa shape index (κ2) is 10.5. The largest absolute Gasteiger partial charge is 0.452 e. The van der Waals surface area contributed by atoms with Gasteiger partial charge < -0.3 is 15.4 Å². The highest BCUT2D eigenvalue weighted by Gasteiger charge is 2.16. The number of nitrogens with zero attached hydrogens (tertiary/aromatic N) is 1. The number of hydrogen-bond acceptors (Lipinski definition) is 6. The summed E-state index contributed by atoms with van der Waals surface area (Å²) in [6, 6.07) is 11.0. The van der Waals surface area contributed by atoms with E-state index in [4.69, 9.17) is 4.74 Å². The van der Waals surface area contributed by atoms with E-state index in [1.807, 2.05) is 45.0 Å². The Balaban J connectivity index is 1.91. The van der Waals surface area contributed by atoms with Crippen LogP contribution in [0.1, 0.15) is 29.8 Å². The van der Waals surface area contributed by atoms with Gasteiger partial charge in [0, 0.05) is 17.1 Å². The lowest BCUT2D eigenvalue weighted by Gasteiger charge is -2.10. The molecule has 0 saturated heterocycles. The average molecular weight is 401 g/mol. The zero-order valence-electron chi connectivity index (χ0n) is 16.0. The van der Waals surface area contributed by atoms with E-state index in [9.17, 15) is 14.4 Å². The number of carbonyl (C=O) groups is 3. The number of rotatable bonds is 8. The molecule has 1 aromatic heterocycles. The molecule has 0 saturated carbocycles. The van der Waals surface area contributed by atoms with Gasteiger partial charge in [-0.1, -0.05) is 29.5 Å². The van der Waals surface area contributed by atoms with E-state index < -0.39 is 18.5 Å². The van der Waals surface area contributed by atoms with Gasteiger partial charge in [0.1, 0.15) is 5.03 Å². The number of pyridine rings is 1. The predicted molar refractivity (Wildman–Crippen MR) is 106 cm³/mol. The molecule has 0 atom stereocenters. The van der Waals surface area contributed by atoms with Gasteiger partial charge >= 0.3 is 5.97 Å². The summed E-state index contributed by atoms with van der Waals surface area (Å²) in [6.07, 6.45) is 1.59. The smallest absolute Gasteiger partial charge is 0.341 e. The predicted octanol–water partition coefficient (Wildman–Crippen LogP) is 2.34. The standard InChI is InChI=1S/C20H23N3O4S/c1-13(2)23-17(24)11-22-18(25)12-27-20(26)16-5-4-10-21-19(16)28-15-8-6-14(3)7-9-15/h4-10,13H,11-12H2,1-3H3,(H,22,25)(H,23,24). The maximum absolute atomic E-state index is 12.4. The molecule has 0 unspecified atom stereocenters. The van der Waals surface area contributed by atoms with Crippen LogP contribution in [0.15, 0.2) is 52.5 Å². The fourth-order valence-electron chi connectivity index (χ4n) is 2.16. The maximum atomic E-state index is 12.4. The van der Waals surface area contributed by atoms with Crippen molar-refractivity contribution >= 4 is 29.5 Å². The highest BCUT2D eigenvalue weighted by Crippen LogP contribution is 2.29. The van der Waals surface area contributed by atoms with Gasteiger partial charge in [0.25, 0.3) is 5.91 Å². The van der Waals surface area contributed by atoms with Crippen molar-refractivity contribution in [1.82, 2.24) is 15.6 Å². The SMILES string of the molecule is Cc1ccc(Sc2ncccc2C(=O)OCC(=O)NCC(=O)NC(C)C)cc1. The van der Waals surface area contributed by atoms with Crippen molar-refractivity contribution in [3.05, 3.63) is 53.7 Å². The number of carbonyl (C=O) groups excluding carboxylic acids is 3. The molecule has 0 radical (unpaired) electrons. The quantitative estimate of drug-likeness (QED) is 0.659. The zero-order chi connectivity index (χ0) is 20.5. The first-order chi connectivity index (χ1) is 13.3. The molecule has 0 bridgehead atoms. The van der Waals surface area contributed by atoms with Crippen molar-refractivity contribution in [2.45, 2.75) is 36.7 Å². The van der Waals surface area contributed by atoms with Crippen LogP contribution in [-0.2, 0) is 14.3 Å². The number of aryl methyl sites for hydroxylation is 1. The fraction of sp³-hybridized carbons (Fsp3) is 0.300. The first kappa shape index (κ1) is 21.4. The second-order valence-electron chi connectivity index (χ2n) is 6.35. The highest BCUT2D eigenvalue weighted by molar-refractivity contribution is 7.99. The molecule has 0 fully saturated rings. The van der Waals surface area contributed by atoms with Crippen LogP contribution in [0.5, 0.6) is 0 Å². The molecular weight excluding hydrogens is 378 g/mol. The number of hydrogen-bond donors (Lipinski definition) is 2. The Hall–Kier alpha value is -2.87. The van der Waals surface area contributed by atoms with Crippen LogP contribution in [0.2, 0.25) is 0 Å². The summed E-state index contributed by atoms with van der Waals surface area (Å²) >= 11 is 1.34. The molecule has 0 spiro atoms. The highest BCUT2D eigenvalue weighted by atomic mass is 32.2. The van der Waals surface area contributed by atoms with E-state index in [1.165, 1.54) is 11.8 Å². The van der Waals surface area contributed by atoms with Crippen LogP contribution >= 0.6 is 11.8 Å². The molecular formula is C20H23N3O4S. The molecule has 8 heteroatoms. The van der Waals surface area contributed by atoms with Gasteiger partial charge in [-0.25, -0.2) is 9.78 Å². The third-order valence-electron chi connectivity index (χ3n) is 3.46. The molecule has 2 amide bonds. The molecule has 1 aromatic carbocycles. The monoisotopic (exact) mass is 401 g/mol. The lowest BCUT2D eigenvalue weighted by molar-refractivity contribution is -0.128. The molecule has 148 valence electrons. The van der Waals surface area contributed by atoms with Crippen molar-refractivity contribution in [3.8, 4) is 0 Å². The minimum atomic E-state index is -0.649. The van der Waals surface area contributed by atoms with E-state index in [0.717, 1.165) is 10.5 Å². The Morgan fingerprint density at radius 1 is 1.11 bits per heavy atom. The number of nitrogens with one attached hydrogen (secondary N) is 2. The lowest BCUT2D eigenvalue weighted by atomic mass is 10.2. The van der Waals surface area contributed by atoms with Crippen molar-refractivity contribution < 1.29 is 19.1 Å². The first-order valence-corrected chi connectivity index (χ1v) is 9.59. The van der Waals surface area contributed by atoms with E-state index in [2.05, 4.69) is 15.6 Å². The summed E-state index contributed by atoms with van der Waals surface area (Å²) in [5, 5.41) is 5.55. The Bertz CT molecular complexity index is 838. The summed E-state index contributed by atoms with van der Waals surface area (Å²) in [5.41, 5.74) is 1.41. The number of benzene rings is 1. The Morgan fingerprint density at radius 3 is 2.50 bits per heavy atom. The van der Waals surface area contributed by atoms with E-state index in [-0.39, 0.29) is 24.1 Å². The second-order valence-corrected chi connectivity index (χ2v) is 7.41. The molecule has 2 aromatic rings. The van der Waals surface area contributed by atoms with Crippen LogP contribution in [-0.4, -0.2) is 42.0 Å². The fourth-order valence-corrected chi connectivity index (χ4v) is 3.03. The minimum absolute atomic E-state index is 0.0164. The van der Waals surface area contributed by atoms with Gasteiger partial charge in [-0.15, -0.1) is 0 Å². The van der Waals surface area contributed by atoms with Crippen LogP contribution in [0.3, 0.4) is 0 Å². The van der Waals surface area contributed by atoms with Gasteiger partial charge in [0.15, 0.2) is 6.61 Å². The normalized spacial score (nSPS) is 10.4. The number of ether oxygens (including phenoxy) is 1. The Morgan fingerprint density at radius 2 is 1.82 bits per heavy atom. The molecule has 28 heavy (non-hydrogen) atoms. The summed E-state index contributed by atoms with van der Waals surface area (Å²) in [6.45, 7) is 4.99. The van der Waals surface area contributed by atoms with Crippen LogP contribution < -0.4 is 10.6 Å². The summed E-state index contributed by atoms with van der Waals surface area (Å²) in [4.78, 5) is 40.8. The molecule has 2 rings (SSSR count). The molecule has 0 aliphatic heterocycles. The number of aromatic nitrogens is 1. The molecule has 2 N–H and O–H groups in total. The van der Waals surface area contributed by atoms with E-state index in [0.29, 0.717) is 5.03 Å². The van der Waals surface area contributed by atoms with Crippen LogP contribution in [0.25, 0.3) is 0 Å². The third kappa shape index (κ3) is 7.03. The van der Waals surface area contributed by atoms with E-state index >= 15 is 0 Å². The summed E-state index contributed by atoms with van der Waals surface area (Å²) in [5.74, 6) is -1.51. The van der Waals surface area contributed by atoms with Gasteiger partial charge in [-0.3, -0.25) is 9.59 Å². The molecule has 0 aliphatic rings. The first-order valence-electron chi connectivity index (χ1n) is 8.78. The van der Waals surface area contributed by atoms with Crippen LogP contribution in [0, 0.1) is 6.92 Å². The molecule has 0 aliphatic carbocycles. The lowest BCUT2D eigenvalue weighted by Crippen LogP contribution is -2.41. The summed E-state index contributed by atoms with van der Waals surface area (Å²) in [7, 11) is 0. The Labute approximate surface area is 168 Å². The number of amides is 2. The zero-order valence-corrected chi connectivity index (χ0v) is 16.8. The van der Waals surface area contributed by atoms with Gasteiger partial charge in [-0.05, 0) is 45.0 Å². The van der Waals surface area contributed by atoms with Gasteiger partial charge in [0.2, 0.25) is 5.91 Å². The maximum Gasteiger partial charge on any atom is 0.341 e. The van der Waals surface area contributed by atoms with E-state index in [1.54, 1.807) is 18.3 Å². The topological polar surface area (TPSA) is 97.4 Å². The average Bonchev–Trinajstić information content (AvgIpc) is 2.66. The van der Waals surface area contributed by atoms with Crippen molar-refractivity contribution in [2.24, 2.45) is 0 Å². The van der Waals surface area contributed by atoms with Crippen molar-refractivity contribution in [2.75, 3.05) is 13.2 Å². The molecule has 7 nitrogen and oxygen atoms in total. The minimum Gasteiger partial charge on any atom is -0.452 e. The molecule has 1 heterocycles. The van der Waals surface area contributed by atoms with Gasteiger partial charge in [0.05, 0.1) is 12.1 Å². The third-order valence-corrected chi connectivity index (χ3v) is 4.48. The van der Waals surface area contributed by atoms with Gasteiger partial charge in [-0.2, -0.15) is 0 Å². The Kier molecular flexibility index (Phi) is 8.01. The summed E-state index contributed by atoms with van der Waals surface area (Å²) < 4.78 is 5.06. The van der Waals surface area contributed by atoms with Crippen molar-refractivity contribution in [1.29, 1.82) is 0 Å². The van der Waals surface area contributed by atoms with Crippen LogP contribution in [0.4, 0.5) is 0 Å². The van der Waals surface area contributed by atoms with Crippen molar-refractivity contribution in [3.63, 3.8) is 0 Å². The number of esters is 1.